The molecule has 19 heavy (non-hydrogen) atoms. The molecule has 0 aliphatic carbocycles. The normalized spacial score (nSPS) is 18.4. The second kappa shape index (κ2) is 6.54. The molecular formula is C14H19NO4. The van der Waals surface area contributed by atoms with Crippen LogP contribution in [0.1, 0.15) is 24.4 Å². The number of para-hydroxylation sites is 1. The summed E-state index contributed by atoms with van der Waals surface area (Å²) >= 11 is 0. The van der Waals surface area contributed by atoms with E-state index in [0.717, 1.165) is 24.2 Å². The Morgan fingerprint density at radius 1 is 1.42 bits per heavy atom. The average molecular weight is 265 g/mol. The van der Waals surface area contributed by atoms with Gasteiger partial charge in [-0.2, -0.15) is 5.06 Å². The molecular weight excluding hydrogens is 246 g/mol. The zero-order chi connectivity index (χ0) is 13.7. The molecule has 0 fully saturated rings. The Kier molecular flexibility index (Phi) is 4.76. The summed E-state index contributed by atoms with van der Waals surface area (Å²) in [4.78, 5) is 16.8. The van der Waals surface area contributed by atoms with Gasteiger partial charge in [0.15, 0.2) is 0 Å². The Morgan fingerprint density at radius 3 is 2.95 bits per heavy atom. The van der Waals surface area contributed by atoms with Crippen LogP contribution in [0.15, 0.2) is 24.3 Å². The Balaban J connectivity index is 2.24. The van der Waals surface area contributed by atoms with Crippen molar-refractivity contribution in [2.24, 2.45) is 0 Å². The van der Waals surface area contributed by atoms with Gasteiger partial charge in [-0.3, -0.25) is 4.79 Å². The van der Waals surface area contributed by atoms with Crippen molar-refractivity contribution < 1.29 is 19.1 Å². The number of carbonyl (C=O) groups is 1. The van der Waals surface area contributed by atoms with Gasteiger partial charge in [0.05, 0.1) is 26.9 Å². The van der Waals surface area contributed by atoms with E-state index in [-0.39, 0.29) is 18.6 Å². The van der Waals surface area contributed by atoms with Gasteiger partial charge >= 0.3 is 5.97 Å². The standard InChI is InChI=1S/C14H19NO4/c1-17-14(16)10-15(18-2)12-7-5-9-19-13-8-4-3-6-11(12)13/h3-4,6,8,12H,5,7,9-10H2,1-2H3/t12-/m1/s1. The molecule has 5 nitrogen and oxygen atoms in total. The van der Waals surface area contributed by atoms with Gasteiger partial charge in [0.25, 0.3) is 0 Å². The van der Waals surface area contributed by atoms with E-state index in [1.165, 1.54) is 7.11 Å². The molecule has 1 aliphatic rings. The number of carbonyl (C=O) groups excluding carboxylic acids is 1. The molecule has 0 saturated heterocycles. The highest BCUT2D eigenvalue weighted by Crippen LogP contribution is 2.35. The number of hydrogen-bond donors (Lipinski definition) is 0. The summed E-state index contributed by atoms with van der Waals surface area (Å²) in [7, 11) is 2.94. The van der Waals surface area contributed by atoms with Crippen LogP contribution in [0, 0.1) is 0 Å². The fraction of sp³-hybridized carbons (Fsp3) is 0.500. The Morgan fingerprint density at radius 2 is 2.21 bits per heavy atom. The van der Waals surface area contributed by atoms with Gasteiger partial charge in [0.2, 0.25) is 0 Å². The molecule has 104 valence electrons. The highest BCUT2D eigenvalue weighted by atomic mass is 16.7. The highest BCUT2D eigenvalue weighted by Gasteiger charge is 2.27. The SMILES string of the molecule is COC(=O)CN(OC)[C@@H]1CCCOc2ccccc21. The molecule has 0 aromatic heterocycles. The summed E-state index contributed by atoms with van der Waals surface area (Å²) in [6.45, 7) is 0.787. The first kappa shape index (κ1) is 13.8. The van der Waals surface area contributed by atoms with Gasteiger partial charge < -0.3 is 14.3 Å². The first-order valence-electron chi connectivity index (χ1n) is 6.35. The van der Waals surface area contributed by atoms with E-state index in [9.17, 15) is 4.79 Å². The summed E-state index contributed by atoms with van der Waals surface area (Å²) in [6.07, 6.45) is 1.79. The minimum Gasteiger partial charge on any atom is -0.493 e. The molecule has 0 saturated carbocycles. The fourth-order valence-electron chi connectivity index (χ4n) is 2.29. The quantitative estimate of drug-likeness (QED) is 0.615. The smallest absolute Gasteiger partial charge is 0.322 e. The van der Waals surface area contributed by atoms with Crippen LogP contribution in [0.5, 0.6) is 5.75 Å². The van der Waals surface area contributed by atoms with Crippen LogP contribution in [0.3, 0.4) is 0 Å². The summed E-state index contributed by atoms with van der Waals surface area (Å²) in [5, 5.41) is 1.65. The first-order chi connectivity index (χ1) is 9.26. The minimum absolute atomic E-state index is 0.00259. The van der Waals surface area contributed by atoms with E-state index in [4.69, 9.17) is 14.3 Å². The lowest BCUT2D eigenvalue weighted by Gasteiger charge is -2.28. The fourth-order valence-corrected chi connectivity index (χ4v) is 2.29. The first-order valence-corrected chi connectivity index (χ1v) is 6.35. The van der Waals surface area contributed by atoms with Crippen LogP contribution in [-0.4, -0.2) is 38.4 Å². The molecule has 1 heterocycles. The highest BCUT2D eigenvalue weighted by molar-refractivity contribution is 5.71. The predicted octanol–water partition coefficient (Wildman–Crippen LogP) is 1.94. The lowest BCUT2D eigenvalue weighted by molar-refractivity contribution is -0.183. The van der Waals surface area contributed by atoms with Crippen LogP contribution >= 0.6 is 0 Å². The molecule has 0 amide bonds. The van der Waals surface area contributed by atoms with Gasteiger partial charge in [-0.05, 0) is 18.9 Å². The zero-order valence-corrected chi connectivity index (χ0v) is 11.3. The predicted molar refractivity (Wildman–Crippen MR) is 69.6 cm³/mol. The lowest BCUT2D eigenvalue weighted by Crippen LogP contribution is -2.33. The number of nitrogens with zero attached hydrogens (tertiary/aromatic N) is 1. The minimum atomic E-state index is -0.315. The third-order valence-corrected chi connectivity index (χ3v) is 3.25. The molecule has 2 rings (SSSR count). The molecule has 1 aromatic carbocycles. The lowest BCUT2D eigenvalue weighted by atomic mass is 10.0. The molecule has 0 radical (unpaired) electrons. The van der Waals surface area contributed by atoms with Gasteiger partial charge in [-0.15, -0.1) is 0 Å². The van der Waals surface area contributed by atoms with Crippen molar-refractivity contribution in [2.75, 3.05) is 27.4 Å². The molecule has 0 bridgehead atoms. The number of fused-ring (bicyclic) bond motifs is 1. The number of ether oxygens (including phenoxy) is 2. The Labute approximate surface area is 113 Å². The molecule has 0 unspecified atom stereocenters. The van der Waals surface area contributed by atoms with Gasteiger partial charge in [0.1, 0.15) is 12.3 Å². The third-order valence-electron chi connectivity index (χ3n) is 3.25. The summed E-state index contributed by atoms with van der Waals surface area (Å²) < 4.78 is 10.4. The molecule has 5 heteroatoms. The van der Waals surface area contributed by atoms with Crippen molar-refractivity contribution in [1.29, 1.82) is 0 Å². The molecule has 1 aromatic rings. The van der Waals surface area contributed by atoms with Crippen LogP contribution in [-0.2, 0) is 14.4 Å². The second-order valence-electron chi connectivity index (χ2n) is 4.38. The average Bonchev–Trinajstić information content (AvgIpc) is 2.67. The van der Waals surface area contributed by atoms with Crippen LogP contribution in [0.25, 0.3) is 0 Å². The second-order valence-corrected chi connectivity index (χ2v) is 4.38. The molecule has 1 atom stereocenters. The number of esters is 1. The van der Waals surface area contributed by atoms with Gasteiger partial charge in [-0.1, -0.05) is 18.2 Å². The number of methoxy groups -OCH3 is 1. The number of hydrogen-bond acceptors (Lipinski definition) is 5. The summed E-state index contributed by atoms with van der Waals surface area (Å²) in [6, 6.07) is 7.86. The number of hydroxylamine groups is 2. The maximum atomic E-state index is 11.4. The molecule has 0 N–H and O–H groups in total. The van der Waals surface area contributed by atoms with Crippen molar-refractivity contribution in [3.63, 3.8) is 0 Å². The van der Waals surface area contributed by atoms with E-state index in [1.807, 2.05) is 24.3 Å². The van der Waals surface area contributed by atoms with Gasteiger partial charge in [-0.25, -0.2) is 0 Å². The molecule has 0 spiro atoms. The zero-order valence-electron chi connectivity index (χ0n) is 11.3. The van der Waals surface area contributed by atoms with Crippen molar-refractivity contribution in [1.82, 2.24) is 5.06 Å². The third kappa shape index (κ3) is 3.24. The van der Waals surface area contributed by atoms with E-state index in [2.05, 4.69) is 0 Å². The number of benzene rings is 1. The van der Waals surface area contributed by atoms with E-state index in [0.29, 0.717) is 6.61 Å². The Hall–Kier alpha value is -1.59. The van der Waals surface area contributed by atoms with Crippen LogP contribution in [0.4, 0.5) is 0 Å². The van der Waals surface area contributed by atoms with Crippen LogP contribution < -0.4 is 4.74 Å². The largest absolute Gasteiger partial charge is 0.493 e. The van der Waals surface area contributed by atoms with E-state index >= 15 is 0 Å². The van der Waals surface area contributed by atoms with E-state index < -0.39 is 0 Å². The maximum Gasteiger partial charge on any atom is 0.322 e. The number of rotatable bonds is 4. The van der Waals surface area contributed by atoms with Crippen molar-refractivity contribution in [3.8, 4) is 5.75 Å². The van der Waals surface area contributed by atoms with Crippen molar-refractivity contribution in [3.05, 3.63) is 29.8 Å². The topological polar surface area (TPSA) is 48.0 Å². The van der Waals surface area contributed by atoms with Crippen molar-refractivity contribution >= 4 is 5.97 Å². The van der Waals surface area contributed by atoms with E-state index in [1.54, 1.807) is 12.2 Å². The van der Waals surface area contributed by atoms with Crippen molar-refractivity contribution in [2.45, 2.75) is 18.9 Å². The Bertz CT molecular complexity index is 435. The molecule has 1 aliphatic heterocycles. The summed E-state index contributed by atoms with van der Waals surface area (Å²) in [5.41, 5.74) is 1.05. The van der Waals surface area contributed by atoms with Gasteiger partial charge in [0, 0.05) is 5.56 Å². The maximum absolute atomic E-state index is 11.4. The monoisotopic (exact) mass is 265 g/mol. The van der Waals surface area contributed by atoms with Crippen LogP contribution in [0.2, 0.25) is 0 Å². The summed E-state index contributed by atoms with van der Waals surface area (Å²) in [5.74, 6) is 0.543.